The average molecular weight is 261 g/mol. The van der Waals surface area contributed by atoms with Gasteiger partial charge in [0.25, 0.3) is 0 Å². The van der Waals surface area contributed by atoms with Crippen LogP contribution in [0.4, 0.5) is 4.39 Å². The van der Waals surface area contributed by atoms with E-state index in [2.05, 4.69) is 15.9 Å². The number of carbonyl (C=O) groups is 1. The van der Waals surface area contributed by atoms with Crippen molar-refractivity contribution in [3.8, 4) is 5.75 Å². The number of hydrogen-bond donors (Lipinski definition) is 1. The summed E-state index contributed by atoms with van der Waals surface area (Å²) < 4.78 is 13.7. The van der Waals surface area contributed by atoms with Crippen molar-refractivity contribution in [3.05, 3.63) is 27.5 Å². The third kappa shape index (κ3) is 2.12. The highest BCUT2D eigenvalue weighted by atomic mass is 79.9. The van der Waals surface area contributed by atoms with Crippen molar-refractivity contribution in [2.75, 3.05) is 0 Å². The quantitative estimate of drug-likeness (QED) is 0.888. The van der Waals surface area contributed by atoms with Crippen molar-refractivity contribution < 1.29 is 14.3 Å². The van der Waals surface area contributed by atoms with Crippen LogP contribution >= 0.6 is 15.9 Å². The van der Waals surface area contributed by atoms with Crippen molar-refractivity contribution in [2.24, 2.45) is 0 Å². The van der Waals surface area contributed by atoms with Crippen molar-refractivity contribution in [1.82, 2.24) is 0 Å². The SMILES string of the molecule is CC(=O)Cc1cc(C)c(Br)c(O)c1F. The molecule has 4 heteroatoms. The molecule has 0 heterocycles. The molecule has 0 saturated carbocycles. The van der Waals surface area contributed by atoms with E-state index in [1.807, 2.05) is 0 Å². The lowest BCUT2D eigenvalue weighted by atomic mass is 10.1. The minimum atomic E-state index is -0.724. The number of rotatable bonds is 2. The number of halogens is 2. The van der Waals surface area contributed by atoms with Crippen LogP contribution in [0, 0.1) is 12.7 Å². The zero-order valence-corrected chi connectivity index (χ0v) is 9.48. The molecular formula is C10H10BrFO2. The largest absolute Gasteiger partial charge is 0.504 e. The first-order valence-electron chi connectivity index (χ1n) is 4.09. The van der Waals surface area contributed by atoms with Gasteiger partial charge in [0, 0.05) is 6.42 Å². The first kappa shape index (κ1) is 11.2. The predicted octanol–water partition coefficient (Wildman–Crippen LogP) is 2.73. The molecule has 1 aromatic carbocycles. The van der Waals surface area contributed by atoms with Crippen LogP contribution in [0.5, 0.6) is 5.75 Å². The molecule has 0 atom stereocenters. The highest BCUT2D eigenvalue weighted by molar-refractivity contribution is 9.10. The number of Topliss-reactive ketones (excluding diaryl/α,β-unsaturated/α-hetero) is 1. The molecule has 14 heavy (non-hydrogen) atoms. The lowest BCUT2D eigenvalue weighted by Gasteiger charge is -2.07. The van der Waals surface area contributed by atoms with E-state index in [1.165, 1.54) is 6.92 Å². The molecule has 0 aliphatic carbocycles. The third-order valence-corrected chi connectivity index (χ3v) is 2.88. The van der Waals surface area contributed by atoms with Gasteiger partial charge in [-0.1, -0.05) is 6.07 Å². The van der Waals surface area contributed by atoms with Gasteiger partial charge in [-0.3, -0.25) is 4.79 Å². The second-order valence-corrected chi connectivity index (χ2v) is 4.00. The number of aromatic hydroxyl groups is 1. The highest BCUT2D eigenvalue weighted by Crippen LogP contribution is 2.32. The molecule has 0 aliphatic rings. The van der Waals surface area contributed by atoms with Gasteiger partial charge in [0.2, 0.25) is 0 Å². The number of phenols is 1. The smallest absolute Gasteiger partial charge is 0.169 e. The predicted molar refractivity (Wildman–Crippen MR) is 54.9 cm³/mol. The van der Waals surface area contributed by atoms with Gasteiger partial charge in [-0.15, -0.1) is 0 Å². The summed E-state index contributed by atoms with van der Waals surface area (Å²) in [6.07, 6.45) is 0.00745. The normalized spacial score (nSPS) is 10.3. The Hall–Kier alpha value is -0.900. The summed E-state index contributed by atoms with van der Waals surface area (Å²) in [4.78, 5) is 10.8. The molecule has 1 aromatic rings. The maximum Gasteiger partial charge on any atom is 0.169 e. The Balaban J connectivity index is 3.25. The number of hydrogen-bond acceptors (Lipinski definition) is 2. The summed E-state index contributed by atoms with van der Waals surface area (Å²) in [7, 11) is 0. The summed E-state index contributed by atoms with van der Waals surface area (Å²) in [5.74, 6) is -1.29. The molecular weight excluding hydrogens is 251 g/mol. The number of benzene rings is 1. The average Bonchev–Trinajstić information content (AvgIpc) is 2.10. The molecule has 0 spiro atoms. The third-order valence-electron chi connectivity index (χ3n) is 1.87. The summed E-state index contributed by atoms with van der Waals surface area (Å²) in [6, 6.07) is 1.56. The summed E-state index contributed by atoms with van der Waals surface area (Å²) in [5.41, 5.74) is 0.941. The number of ketones is 1. The topological polar surface area (TPSA) is 37.3 Å². The molecule has 0 amide bonds. The second-order valence-electron chi connectivity index (χ2n) is 3.21. The maximum absolute atomic E-state index is 13.4. The Morgan fingerprint density at radius 3 is 2.71 bits per heavy atom. The van der Waals surface area contributed by atoms with Gasteiger partial charge in [0.1, 0.15) is 5.78 Å². The van der Waals surface area contributed by atoms with Crippen LogP contribution in [0.25, 0.3) is 0 Å². The van der Waals surface area contributed by atoms with Gasteiger partial charge in [-0.05, 0) is 40.9 Å². The molecule has 1 rings (SSSR count). The van der Waals surface area contributed by atoms with Gasteiger partial charge < -0.3 is 5.11 Å². The molecule has 0 fully saturated rings. The molecule has 0 radical (unpaired) electrons. The van der Waals surface area contributed by atoms with Crippen molar-refractivity contribution in [3.63, 3.8) is 0 Å². The Labute approximate surface area is 89.9 Å². The van der Waals surface area contributed by atoms with Crippen LogP contribution in [-0.4, -0.2) is 10.9 Å². The fourth-order valence-corrected chi connectivity index (χ4v) is 1.51. The fraction of sp³-hybridized carbons (Fsp3) is 0.300. The van der Waals surface area contributed by atoms with Gasteiger partial charge >= 0.3 is 0 Å². The standard InChI is InChI=1S/C10H10BrFO2/c1-5-3-7(4-6(2)13)9(12)10(14)8(5)11/h3,14H,4H2,1-2H3. The van der Waals surface area contributed by atoms with E-state index in [0.29, 0.717) is 10.0 Å². The monoisotopic (exact) mass is 260 g/mol. The zero-order valence-electron chi connectivity index (χ0n) is 7.90. The van der Waals surface area contributed by atoms with Crippen molar-refractivity contribution in [2.45, 2.75) is 20.3 Å². The van der Waals surface area contributed by atoms with E-state index in [9.17, 15) is 14.3 Å². The molecule has 1 N–H and O–H groups in total. The first-order valence-corrected chi connectivity index (χ1v) is 4.88. The fourth-order valence-electron chi connectivity index (χ4n) is 1.22. The van der Waals surface area contributed by atoms with Gasteiger partial charge in [0.15, 0.2) is 11.6 Å². The molecule has 0 unspecified atom stereocenters. The number of carbonyl (C=O) groups excluding carboxylic acids is 1. The summed E-state index contributed by atoms with van der Waals surface area (Å²) >= 11 is 3.06. The van der Waals surface area contributed by atoms with E-state index >= 15 is 0 Å². The van der Waals surface area contributed by atoms with Gasteiger partial charge in [-0.2, -0.15) is 0 Å². The lowest BCUT2D eigenvalue weighted by Crippen LogP contribution is -2.00. The minimum Gasteiger partial charge on any atom is -0.504 e. The summed E-state index contributed by atoms with van der Waals surface area (Å²) in [5, 5.41) is 9.35. The van der Waals surface area contributed by atoms with E-state index in [0.717, 1.165) is 0 Å². The van der Waals surface area contributed by atoms with Crippen LogP contribution in [-0.2, 0) is 11.2 Å². The molecule has 0 aliphatic heterocycles. The van der Waals surface area contributed by atoms with E-state index in [-0.39, 0.29) is 17.8 Å². The van der Waals surface area contributed by atoms with E-state index in [4.69, 9.17) is 0 Å². The minimum absolute atomic E-state index is 0.00745. The summed E-state index contributed by atoms with van der Waals surface area (Å²) in [6.45, 7) is 3.11. The van der Waals surface area contributed by atoms with Crippen molar-refractivity contribution >= 4 is 21.7 Å². The second kappa shape index (κ2) is 4.09. The van der Waals surface area contributed by atoms with Crippen LogP contribution in [0.2, 0.25) is 0 Å². The Morgan fingerprint density at radius 1 is 1.64 bits per heavy atom. The van der Waals surface area contributed by atoms with Crippen LogP contribution < -0.4 is 0 Å². The Kier molecular flexibility index (Phi) is 3.26. The molecule has 0 bridgehead atoms. The molecule has 76 valence electrons. The van der Waals surface area contributed by atoms with Crippen LogP contribution in [0.1, 0.15) is 18.1 Å². The van der Waals surface area contributed by atoms with Gasteiger partial charge in [0.05, 0.1) is 4.47 Å². The maximum atomic E-state index is 13.4. The Morgan fingerprint density at radius 2 is 2.21 bits per heavy atom. The lowest BCUT2D eigenvalue weighted by molar-refractivity contribution is -0.116. The van der Waals surface area contributed by atoms with Crippen molar-refractivity contribution in [1.29, 1.82) is 0 Å². The molecule has 2 nitrogen and oxygen atoms in total. The molecule has 0 aromatic heterocycles. The van der Waals surface area contributed by atoms with Gasteiger partial charge in [-0.25, -0.2) is 4.39 Å². The number of aryl methyl sites for hydroxylation is 1. The molecule has 0 saturated heterocycles. The van der Waals surface area contributed by atoms with E-state index < -0.39 is 11.6 Å². The van der Waals surface area contributed by atoms with E-state index in [1.54, 1.807) is 13.0 Å². The number of phenolic OH excluding ortho intramolecular Hbond substituents is 1. The zero-order chi connectivity index (χ0) is 10.9. The Bertz CT molecular complexity index is 388. The highest BCUT2D eigenvalue weighted by Gasteiger charge is 2.14. The van der Waals surface area contributed by atoms with Crippen LogP contribution in [0.15, 0.2) is 10.5 Å². The first-order chi connectivity index (χ1) is 6.43. The van der Waals surface area contributed by atoms with Crippen LogP contribution in [0.3, 0.4) is 0 Å².